The van der Waals surface area contributed by atoms with Crippen LogP contribution in [0.3, 0.4) is 0 Å². The number of aliphatic hydroxyl groups is 2. The van der Waals surface area contributed by atoms with Crippen LogP contribution in [0.1, 0.15) is 50.3 Å². The second kappa shape index (κ2) is 13.0. The fourth-order valence-electron chi connectivity index (χ4n) is 4.04. The van der Waals surface area contributed by atoms with Crippen molar-refractivity contribution < 1.29 is 34.0 Å². The van der Waals surface area contributed by atoms with Gasteiger partial charge in [0.2, 0.25) is 0 Å². The number of anilines is 1. The molecule has 2 aromatic carbocycles. The molecule has 198 valence electrons. The summed E-state index contributed by atoms with van der Waals surface area (Å²) in [6, 6.07) is 15.0. The molecular formula is C27H32FN3O6. The van der Waals surface area contributed by atoms with Crippen LogP contribution in [-0.2, 0) is 22.7 Å². The Morgan fingerprint density at radius 2 is 1.73 bits per heavy atom. The summed E-state index contributed by atoms with van der Waals surface area (Å²) in [7, 11) is 0. The molecule has 2 atom stereocenters. The van der Waals surface area contributed by atoms with E-state index in [0.717, 1.165) is 5.56 Å². The van der Waals surface area contributed by atoms with E-state index >= 15 is 0 Å². The molecule has 0 aliphatic heterocycles. The molecule has 37 heavy (non-hydrogen) atoms. The van der Waals surface area contributed by atoms with E-state index in [1.165, 1.54) is 12.1 Å². The third-order valence-electron chi connectivity index (χ3n) is 5.73. The van der Waals surface area contributed by atoms with E-state index in [1.54, 1.807) is 12.1 Å². The first kappa shape index (κ1) is 27.8. The van der Waals surface area contributed by atoms with E-state index < -0.39 is 36.5 Å². The molecule has 3 rings (SSSR count). The Hall–Kier alpha value is -3.76. The van der Waals surface area contributed by atoms with Gasteiger partial charge in [-0.2, -0.15) is 0 Å². The second-order valence-corrected chi connectivity index (χ2v) is 9.10. The van der Waals surface area contributed by atoms with Crippen molar-refractivity contribution in [1.29, 1.82) is 0 Å². The Bertz CT molecular complexity index is 1180. The molecule has 1 amide bonds. The zero-order valence-corrected chi connectivity index (χ0v) is 20.8. The monoisotopic (exact) mass is 513 g/mol. The molecule has 4 N–H and O–H groups in total. The van der Waals surface area contributed by atoms with Crippen LogP contribution in [0.25, 0.3) is 11.4 Å². The molecule has 0 radical (unpaired) electrons. The van der Waals surface area contributed by atoms with Gasteiger partial charge >= 0.3 is 12.1 Å². The van der Waals surface area contributed by atoms with Crippen LogP contribution < -0.4 is 5.32 Å². The standard InChI is InChI=1S/C27H32FN3O6/c1-17(2)24-25(30-27(36)37-16-18-6-4-3-5-7-18)29-26(19-8-10-20(28)11-9-19)31(24)13-12-21(32)14-22(33)15-23(34)35/h3-11,17,21-22,32-33H,12-16H2,1-2H3,(H,30,36)(H,34,35)/t21-,22-/m1/s1. The van der Waals surface area contributed by atoms with Crippen molar-refractivity contribution in [3.63, 3.8) is 0 Å². The maximum atomic E-state index is 13.6. The van der Waals surface area contributed by atoms with Crippen LogP contribution in [-0.4, -0.2) is 49.1 Å². The molecule has 1 aromatic heterocycles. The number of nitrogens with zero attached hydrogens (tertiary/aromatic N) is 2. The lowest BCUT2D eigenvalue weighted by Gasteiger charge is -2.19. The lowest BCUT2D eigenvalue weighted by atomic mass is 10.1. The smallest absolute Gasteiger partial charge is 0.413 e. The largest absolute Gasteiger partial charge is 0.481 e. The Morgan fingerprint density at radius 1 is 1.05 bits per heavy atom. The van der Waals surface area contributed by atoms with Crippen LogP contribution in [0.15, 0.2) is 54.6 Å². The van der Waals surface area contributed by atoms with Gasteiger partial charge in [0.25, 0.3) is 0 Å². The summed E-state index contributed by atoms with van der Waals surface area (Å²) < 4.78 is 20.8. The minimum atomic E-state index is -1.17. The molecule has 0 unspecified atom stereocenters. The zero-order valence-electron chi connectivity index (χ0n) is 20.8. The van der Waals surface area contributed by atoms with Gasteiger partial charge in [0.05, 0.1) is 24.3 Å². The number of ether oxygens (including phenoxy) is 1. The summed E-state index contributed by atoms with van der Waals surface area (Å²) in [5, 5.41) is 31.8. The lowest BCUT2D eigenvalue weighted by molar-refractivity contribution is -0.139. The van der Waals surface area contributed by atoms with E-state index in [4.69, 9.17) is 9.84 Å². The number of aliphatic carboxylic acids is 1. The third-order valence-corrected chi connectivity index (χ3v) is 5.73. The molecule has 0 aliphatic rings. The Balaban J connectivity index is 1.84. The number of carbonyl (C=O) groups is 2. The highest BCUT2D eigenvalue weighted by atomic mass is 19.1. The van der Waals surface area contributed by atoms with Crippen molar-refractivity contribution in [2.75, 3.05) is 5.32 Å². The number of aliphatic hydroxyl groups excluding tert-OH is 2. The van der Waals surface area contributed by atoms with Crippen LogP contribution in [0.4, 0.5) is 15.0 Å². The number of imidazole rings is 1. The number of halogens is 1. The summed E-state index contributed by atoms with van der Waals surface area (Å²) in [5.74, 6) is -0.907. The van der Waals surface area contributed by atoms with Gasteiger partial charge in [-0.1, -0.05) is 44.2 Å². The number of nitrogens with one attached hydrogen (secondary N) is 1. The van der Waals surface area contributed by atoms with E-state index in [2.05, 4.69) is 10.3 Å². The van der Waals surface area contributed by atoms with Gasteiger partial charge in [0.15, 0.2) is 5.82 Å². The zero-order chi connectivity index (χ0) is 26.9. The summed E-state index contributed by atoms with van der Waals surface area (Å²) in [4.78, 5) is 28.0. The van der Waals surface area contributed by atoms with E-state index in [1.807, 2.05) is 48.7 Å². The average Bonchev–Trinajstić information content (AvgIpc) is 3.20. The fourth-order valence-corrected chi connectivity index (χ4v) is 4.04. The molecule has 0 saturated carbocycles. The summed E-state index contributed by atoms with van der Waals surface area (Å²) in [6.45, 7) is 4.19. The first-order valence-corrected chi connectivity index (χ1v) is 12.1. The van der Waals surface area contributed by atoms with E-state index in [9.17, 15) is 24.2 Å². The van der Waals surface area contributed by atoms with Crippen molar-refractivity contribution in [2.24, 2.45) is 0 Å². The Morgan fingerprint density at radius 3 is 2.35 bits per heavy atom. The van der Waals surface area contributed by atoms with Gasteiger partial charge in [-0.05, 0) is 48.6 Å². The number of amides is 1. The number of benzene rings is 2. The second-order valence-electron chi connectivity index (χ2n) is 9.10. The predicted octanol–water partition coefficient (Wildman–Crippen LogP) is 4.54. The number of carboxylic acids is 1. The van der Waals surface area contributed by atoms with Crippen LogP contribution in [0.2, 0.25) is 0 Å². The Kier molecular flexibility index (Phi) is 9.76. The summed E-state index contributed by atoms with van der Waals surface area (Å²) in [5.41, 5.74) is 2.11. The quantitative estimate of drug-likeness (QED) is 0.279. The molecule has 0 spiro atoms. The minimum absolute atomic E-state index is 0.0834. The Labute approximate surface area is 214 Å². The number of carboxylic acid groups (broad SMARTS) is 1. The first-order chi connectivity index (χ1) is 17.6. The lowest BCUT2D eigenvalue weighted by Crippen LogP contribution is -2.22. The van der Waals surface area contributed by atoms with Gasteiger partial charge in [0.1, 0.15) is 18.2 Å². The third kappa shape index (κ3) is 8.12. The minimum Gasteiger partial charge on any atom is -0.481 e. The molecule has 0 bridgehead atoms. The average molecular weight is 514 g/mol. The molecule has 0 fully saturated rings. The summed E-state index contributed by atoms with van der Waals surface area (Å²) in [6.07, 6.45) is -3.19. The highest BCUT2D eigenvalue weighted by molar-refractivity contribution is 5.85. The molecule has 3 aromatic rings. The number of carbonyl (C=O) groups excluding carboxylic acids is 1. The first-order valence-electron chi connectivity index (χ1n) is 12.1. The highest BCUT2D eigenvalue weighted by Gasteiger charge is 2.24. The van der Waals surface area contributed by atoms with Crippen LogP contribution in [0, 0.1) is 5.82 Å². The van der Waals surface area contributed by atoms with Crippen molar-refractivity contribution in [3.05, 3.63) is 71.7 Å². The fraction of sp³-hybridized carbons (Fsp3) is 0.370. The van der Waals surface area contributed by atoms with Crippen LogP contribution >= 0.6 is 0 Å². The molecule has 0 saturated heterocycles. The normalized spacial score (nSPS) is 12.8. The topological polar surface area (TPSA) is 134 Å². The number of aromatic nitrogens is 2. The van der Waals surface area contributed by atoms with E-state index in [0.29, 0.717) is 17.1 Å². The van der Waals surface area contributed by atoms with Gasteiger partial charge in [-0.15, -0.1) is 0 Å². The maximum Gasteiger partial charge on any atom is 0.413 e. The molecular weight excluding hydrogens is 481 g/mol. The summed E-state index contributed by atoms with van der Waals surface area (Å²) >= 11 is 0. The number of hydrogen-bond donors (Lipinski definition) is 4. The predicted molar refractivity (Wildman–Crippen MR) is 135 cm³/mol. The van der Waals surface area contributed by atoms with Gasteiger partial charge < -0.3 is 24.6 Å². The van der Waals surface area contributed by atoms with Crippen molar-refractivity contribution >= 4 is 17.9 Å². The molecule has 1 heterocycles. The molecule has 0 aliphatic carbocycles. The van der Waals surface area contributed by atoms with Crippen molar-refractivity contribution in [2.45, 2.75) is 64.4 Å². The number of hydrogen-bond acceptors (Lipinski definition) is 6. The van der Waals surface area contributed by atoms with Crippen LogP contribution in [0.5, 0.6) is 0 Å². The van der Waals surface area contributed by atoms with Gasteiger partial charge in [-0.3, -0.25) is 10.1 Å². The SMILES string of the molecule is CC(C)c1c(NC(=O)OCc2ccccc2)nc(-c2ccc(F)cc2)n1CC[C@@H](O)C[C@@H](O)CC(=O)O. The van der Waals surface area contributed by atoms with Gasteiger partial charge in [-0.25, -0.2) is 14.2 Å². The maximum absolute atomic E-state index is 13.6. The molecule has 9 nitrogen and oxygen atoms in total. The number of rotatable bonds is 12. The van der Waals surface area contributed by atoms with Gasteiger partial charge in [0, 0.05) is 12.1 Å². The highest BCUT2D eigenvalue weighted by Crippen LogP contribution is 2.32. The van der Waals surface area contributed by atoms with Crippen molar-refractivity contribution in [3.8, 4) is 11.4 Å². The van der Waals surface area contributed by atoms with Crippen molar-refractivity contribution in [1.82, 2.24) is 9.55 Å². The molecule has 10 heteroatoms. The van der Waals surface area contributed by atoms with E-state index in [-0.39, 0.29) is 37.7 Å².